The fourth-order valence-electron chi connectivity index (χ4n) is 2.09. The highest BCUT2D eigenvalue weighted by molar-refractivity contribution is 5.28. The molecule has 0 saturated heterocycles. The molecule has 0 saturated carbocycles. The van der Waals surface area contributed by atoms with E-state index in [0.29, 0.717) is 0 Å². The van der Waals surface area contributed by atoms with Gasteiger partial charge in [0.05, 0.1) is 12.1 Å². The highest BCUT2D eigenvalue weighted by Gasteiger charge is 2.17. The largest absolute Gasteiger partial charge is 0.494 e. The molecule has 0 fully saturated rings. The maximum Gasteiger partial charge on any atom is 0.331 e. The van der Waals surface area contributed by atoms with E-state index in [2.05, 4.69) is 9.97 Å². The second-order valence-corrected chi connectivity index (χ2v) is 5.04. The third kappa shape index (κ3) is 2.49. The first-order chi connectivity index (χ1) is 9.41. The molecular weight excluding hydrogens is 258 g/mol. The van der Waals surface area contributed by atoms with Gasteiger partial charge < -0.3 is 5.11 Å². The van der Waals surface area contributed by atoms with Crippen LogP contribution in [0, 0.1) is 6.92 Å². The smallest absolute Gasteiger partial charge is 0.331 e. The summed E-state index contributed by atoms with van der Waals surface area (Å²) in [6.07, 6.45) is 3.31. The molecule has 0 amide bonds. The van der Waals surface area contributed by atoms with Gasteiger partial charge in [-0.05, 0) is 30.0 Å². The van der Waals surface area contributed by atoms with Crippen molar-refractivity contribution in [1.29, 1.82) is 0 Å². The van der Waals surface area contributed by atoms with Crippen molar-refractivity contribution in [3.05, 3.63) is 56.0 Å². The molecule has 0 spiro atoms. The predicted molar refractivity (Wildman–Crippen MR) is 75.2 cm³/mol. The van der Waals surface area contributed by atoms with Crippen LogP contribution in [-0.2, 0) is 6.54 Å². The van der Waals surface area contributed by atoms with Gasteiger partial charge in [-0.3, -0.25) is 19.3 Å². The Balaban J connectivity index is 2.58. The van der Waals surface area contributed by atoms with Crippen LogP contribution in [0.5, 0.6) is 5.88 Å². The van der Waals surface area contributed by atoms with Gasteiger partial charge in [-0.15, -0.1) is 0 Å². The van der Waals surface area contributed by atoms with E-state index in [1.165, 1.54) is 4.57 Å². The highest BCUT2D eigenvalue weighted by atomic mass is 16.3. The number of aromatic amines is 1. The first kappa shape index (κ1) is 14.0. The van der Waals surface area contributed by atoms with E-state index in [-0.39, 0.29) is 23.9 Å². The molecule has 0 aliphatic carbocycles. The van der Waals surface area contributed by atoms with Crippen molar-refractivity contribution in [3.8, 4) is 5.88 Å². The standard InChI is InChI=1S/C14H17N3O3/c1-8(2)11-12(18)16-14(20)17(13(11)19)7-10-4-5-15-6-9(10)3/h4-6,8,19H,7H2,1-3H3,(H,16,18,20). The Morgan fingerprint density at radius 1 is 1.40 bits per heavy atom. The molecule has 2 rings (SSSR count). The van der Waals surface area contributed by atoms with E-state index in [0.717, 1.165) is 11.1 Å². The minimum atomic E-state index is -0.617. The lowest BCUT2D eigenvalue weighted by molar-refractivity contribution is 0.398. The molecule has 0 aromatic carbocycles. The number of hydrogen-bond donors (Lipinski definition) is 2. The van der Waals surface area contributed by atoms with Crippen LogP contribution in [0.25, 0.3) is 0 Å². The Hall–Kier alpha value is -2.37. The zero-order chi connectivity index (χ0) is 14.9. The summed E-state index contributed by atoms with van der Waals surface area (Å²) < 4.78 is 1.17. The van der Waals surface area contributed by atoms with Gasteiger partial charge in [0, 0.05) is 12.4 Å². The predicted octanol–water partition coefficient (Wildman–Crippen LogP) is 1.12. The topological polar surface area (TPSA) is 88.0 Å². The number of nitrogens with one attached hydrogen (secondary N) is 1. The third-order valence-electron chi connectivity index (χ3n) is 3.25. The van der Waals surface area contributed by atoms with Crippen molar-refractivity contribution >= 4 is 0 Å². The highest BCUT2D eigenvalue weighted by Crippen LogP contribution is 2.20. The van der Waals surface area contributed by atoms with E-state index < -0.39 is 11.2 Å². The minimum absolute atomic E-state index is 0.177. The van der Waals surface area contributed by atoms with Crippen LogP contribution in [0.15, 0.2) is 28.0 Å². The average Bonchev–Trinajstić information content (AvgIpc) is 2.35. The number of hydrogen-bond acceptors (Lipinski definition) is 4. The Bertz CT molecular complexity index is 744. The van der Waals surface area contributed by atoms with E-state index in [4.69, 9.17) is 0 Å². The van der Waals surface area contributed by atoms with Crippen molar-refractivity contribution in [1.82, 2.24) is 14.5 Å². The molecule has 0 bridgehead atoms. The summed E-state index contributed by atoms with van der Waals surface area (Å²) in [5.41, 5.74) is 0.838. The van der Waals surface area contributed by atoms with Crippen LogP contribution < -0.4 is 11.2 Å². The van der Waals surface area contributed by atoms with Crippen LogP contribution in [0.3, 0.4) is 0 Å². The minimum Gasteiger partial charge on any atom is -0.494 e. The molecular formula is C14H17N3O3. The average molecular weight is 275 g/mol. The Labute approximate surface area is 115 Å². The molecule has 2 heterocycles. The lowest BCUT2D eigenvalue weighted by Gasteiger charge is -2.14. The van der Waals surface area contributed by atoms with Gasteiger partial charge in [0.15, 0.2) is 0 Å². The summed E-state index contributed by atoms with van der Waals surface area (Å²) in [7, 11) is 0. The molecule has 20 heavy (non-hydrogen) atoms. The van der Waals surface area contributed by atoms with Gasteiger partial charge in [0.1, 0.15) is 0 Å². The van der Waals surface area contributed by atoms with Crippen molar-refractivity contribution in [2.45, 2.75) is 33.2 Å². The van der Waals surface area contributed by atoms with Crippen molar-refractivity contribution in [3.63, 3.8) is 0 Å². The van der Waals surface area contributed by atoms with E-state index in [1.54, 1.807) is 32.3 Å². The fourth-order valence-corrected chi connectivity index (χ4v) is 2.09. The number of H-pyrrole nitrogens is 1. The zero-order valence-corrected chi connectivity index (χ0v) is 11.7. The van der Waals surface area contributed by atoms with E-state index in [9.17, 15) is 14.7 Å². The number of nitrogens with zero attached hydrogens (tertiary/aromatic N) is 2. The van der Waals surface area contributed by atoms with Crippen molar-refractivity contribution in [2.24, 2.45) is 0 Å². The van der Waals surface area contributed by atoms with E-state index in [1.807, 2.05) is 6.92 Å². The number of aromatic nitrogens is 3. The quantitative estimate of drug-likeness (QED) is 0.878. The van der Waals surface area contributed by atoms with Gasteiger partial charge in [-0.2, -0.15) is 0 Å². The van der Waals surface area contributed by atoms with Gasteiger partial charge in [-0.25, -0.2) is 4.79 Å². The van der Waals surface area contributed by atoms with Crippen LogP contribution in [-0.4, -0.2) is 19.6 Å². The molecule has 0 aliphatic heterocycles. The summed E-state index contributed by atoms with van der Waals surface area (Å²) in [4.78, 5) is 29.8. The molecule has 6 heteroatoms. The monoisotopic (exact) mass is 275 g/mol. The number of aromatic hydroxyl groups is 1. The molecule has 2 aromatic rings. The van der Waals surface area contributed by atoms with Crippen LogP contribution in [0.4, 0.5) is 0 Å². The Kier molecular flexibility index (Phi) is 3.74. The lowest BCUT2D eigenvalue weighted by atomic mass is 10.1. The van der Waals surface area contributed by atoms with Crippen LogP contribution >= 0.6 is 0 Å². The first-order valence-corrected chi connectivity index (χ1v) is 6.37. The number of aryl methyl sites for hydroxylation is 1. The summed E-state index contributed by atoms with van der Waals surface area (Å²) >= 11 is 0. The summed E-state index contributed by atoms with van der Waals surface area (Å²) in [5, 5.41) is 10.2. The molecule has 0 radical (unpaired) electrons. The lowest BCUT2D eigenvalue weighted by Crippen LogP contribution is -2.33. The molecule has 2 aromatic heterocycles. The summed E-state index contributed by atoms with van der Waals surface area (Å²) in [6, 6.07) is 1.78. The number of pyridine rings is 1. The second kappa shape index (κ2) is 5.32. The normalized spacial score (nSPS) is 11.0. The Morgan fingerprint density at radius 3 is 2.70 bits per heavy atom. The molecule has 106 valence electrons. The van der Waals surface area contributed by atoms with Crippen LogP contribution in [0.2, 0.25) is 0 Å². The van der Waals surface area contributed by atoms with Crippen molar-refractivity contribution < 1.29 is 5.11 Å². The Morgan fingerprint density at radius 2 is 2.10 bits per heavy atom. The SMILES string of the molecule is Cc1cnccc1Cn1c(O)c(C(C)C)c(=O)[nH]c1=O. The molecule has 0 atom stereocenters. The van der Waals surface area contributed by atoms with E-state index >= 15 is 0 Å². The molecule has 0 unspecified atom stereocenters. The zero-order valence-electron chi connectivity index (χ0n) is 11.7. The first-order valence-electron chi connectivity index (χ1n) is 6.37. The van der Waals surface area contributed by atoms with Gasteiger partial charge in [0.2, 0.25) is 5.88 Å². The van der Waals surface area contributed by atoms with Crippen LogP contribution in [0.1, 0.15) is 36.5 Å². The second-order valence-electron chi connectivity index (χ2n) is 5.04. The third-order valence-corrected chi connectivity index (χ3v) is 3.25. The van der Waals surface area contributed by atoms with Gasteiger partial charge >= 0.3 is 5.69 Å². The maximum atomic E-state index is 11.9. The molecule has 6 nitrogen and oxygen atoms in total. The summed E-state index contributed by atoms with van der Waals surface area (Å²) in [5.74, 6) is -0.450. The molecule has 0 aliphatic rings. The van der Waals surface area contributed by atoms with Gasteiger partial charge in [-0.1, -0.05) is 13.8 Å². The fraction of sp³-hybridized carbons (Fsp3) is 0.357. The van der Waals surface area contributed by atoms with Gasteiger partial charge in [0.25, 0.3) is 5.56 Å². The number of rotatable bonds is 3. The molecule has 2 N–H and O–H groups in total. The summed E-state index contributed by atoms with van der Waals surface area (Å²) in [6.45, 7) is 5.64. The van der Waals surface area contributed by atoms with Crippen molar-refractivity contribution in [2.75, 3.05) is 0 Å². The maximum absolute atomic E-state index is 11.9.